The molecule has 0 saturated carbocycles. The maximum absolute atomic E-state index is 12.7. The van der Waals surface area contributed by atoms with Gasteiger partial charge < -0.3 is 10.2 Å². The number of nitrogens with zero attached hydrogens (tertiary/aromatic N) is 3. The summed E-state index contributed by atoms with van der Waals surface area (Å²) in [7, 11) is 1.97. The van der Waals surface area contributed by atoms with Crippen LogP contribution in [0.3, 0.4) is 0 Å². The van der Waals surface area contributed by atoms with Crippen LogP contribution in [-0.4, -0.2) is 47.3 Å². The molecule has 5 nitrogen and oxygen atoms in total. The Labute approximate surface area is 155 Å². The quantitative estimate of drug-likeness (QED) is 0.889. The van der Waals surface area contributed by atoms with Crippen LogP contribution >= 0.6 is 12.4 Å². The largest absolute Gasteiger partial charge is 0.342 e. The molecule has 1 atom stereocenters. The lowest BCUT2D eigenvalue weighted by molar-refractivity contribution is -0.129. The second kappa shape index (κ2) is 8.50. The number of rotatable bonds is 5. The second-order valence-electron chi connectivity index (χ2n) is 6.63. The molecule has 1 saturated heterocycles. The van der Waals surface area contributed by atoms with Crippen molar-refractivity contribution in [3.63, 3.8) is 0 Å². The molecule has 2 aromatic rings. The first-order valence-electron chi connectivity index (χ1n) is 8.63. The van der Waals surface area contributed by atoms with Gasteiger partial charge in [0.2, 0.25) is 5.91 Å². The smallest absolute Gasteiger partial charge is 0.227 e. The SMILES string of the molecule is CNCC1CCN(C(=O)Cc2c(C)nn(-c3ccccc3)c2C)C1.Cl. The third-order valence-corrected chi connectivity index (χ3v) is 4.90. The number of hydrogen-bond donors (Lipinski definition) is 1. The van der Waals surface area contributed by atoms with E-state index in [0.29, 0.717) is 12.3 Å². The van der Waals surface area contributed by atoms with Gasteiger partial charge in [0.05, 0.1) is 17.8 Å². The summed E-state index contributed by atoms with van der Waals surface area (Å²) >= 11 is 0. The highest BCUT2D eigenvalue weighted by Crippen LogP contribution is 2.21. The first-order valence-corrected chi connectivity index (χ1v) is 8.63. The normalized spacial score (nSPS) is 16.8. The Morgan fingerprint density at radius 3 is 2.68 bits per heavy atom. The summed E-state index contributed by atoms with van der Waals surface area (Å²) in [4.78, 5) is 14.7. The van der Waals surface area contributed by atoms with E-state index in [9.17, 15) is 4.79 Å². The fourth-order valence-corrected chi connectivity index (χ4v) is 3.53. The Morgan fingerprint density at radius 2 is 2.00 bits per heavy atom. The number of halogens is 1. The van der Waals surface area contributed by atoms with Crippen LogP contribution in [0.25, 0.3) is 5.69 Å². The van der Waals surface area contributed by atoms with Crippen LogP contribution in [0.15, 0.2) is 30.3 Å². The molecule has 0 spiro atoms. The van der Waals surface area contributed by atoms with Crippen molar-refractivity contribution < 1.29 is 4.79 Å². The zero-order chi connectivity index (χ0) is 17.1. The molecule has 1 aliphatic rings. The molecule has 0 aliphatic carbocycles. The van der Waals surface area contributed by atoms with E-state index < -0.39 is 0 Å². The van der Waals surface area contributed by atoms with Crippen molar-refractivity contribution in [3.05, 3.63) is 47.3 Å². The lowest BCUT2D eigenvalue weighted by atomic mass is 10.1. The molecule has 0 bridgehead atoms. The van der Waals surface area contributed by atoms with Crippen molar-refractivity contribution in [3.8, 4) is 5.69 Å². The summed E-state index contributed by atoms with van der Waals surface area (Å²) in [6.45, 7) is 6.75. The van der Waals surface area contributed by atoms with Crippen LogP contribution < -0.4 is 5.32 Å². The second-order valence-corrected chi connectivity index (χ2v) is 6.63. The zero-order valence-electron chi connectivity index (χ0n) is 15.2. The van der Waals surface area contributed by atoms with Crippen molar-refractivity contribution in [1.29, 1.82) is 0 Å². The van der Waals surface area contributed by atoms with Crippen LogP contribution in [0.2, 0.25) is 0 Å². The molecule has 1 fully saturated rings. The summed E-state index contributed by atoms with van der Waals surface area (Å²) in [5, 5.41) is 7.85. The molecular formula is C19H27ClN4O. The average Bonchev–Trinajstić information content (AvgIpc) is 3.16. The third-order valence-electron chi connectivity index (χ3n) is 4.90. The molecule has 1 aromatic heterocycles. The molecule has 1 aliphatic heterocycles. The average molecular weight is 363 g/mol. The van der Waals surface area contributed by atoms with Gasteiger partial charge in [-0.3, -0.25) is 4.79 Å². The maximum atomic E-state index is 12.7. The Hall–Kier alpha value is -1.85. The standard InChI is InChI=1S/C19H26N4O.ClH/c1-14-18(11-19(24)22-10-9-16(13-22)12-20-3)15(2)23(21-14)17-7-5-4-6-8-17;/h4-8,16,20H,9-13H2,1-3H3;1H. The molecule has 2 heterocycles. The monoisotopic (exact) mass is 362 g/mol. The van der Waals surface area contributed by atoms with E-state index in [1.165, 1.54) is 0 Å². The summed E-state index contributed by atoms with van der Waals surface area (Å²) < 4.78 is 1.94. The molecule has 0 radical (unpaired) electrons. The maximum Gasteiger partial charge on any atom is 0.227 e. The first kappa shape index (κ1) is 19.5. The van der Waals surface area contributed by atoms with Crippen LogP contribution in [0, 0.1) is 19.8 Å². The minimum absolute atomic E-state index is 0. The fourth-order valence-electron chi connectivity index (χ4n) is 3.53. The Balaban J connectivity index is 0.00000225. The van der Waals surface area contributed by atoms with Crippen LogP contribution in [0.5, 0.6) is 0 Å². The summed E-state index contributed by atoms with van der Waals surface area (Å²) in [5.74, 6) is 0.792. The molecule has 1 amide bonds. The van der Waals surface area contributed by atoms with Gasteiger partial charge in [0.25, 0.3) is 0 Å². The molecular weight excluding hydrogens is 336 g/mol. The van der Waals surface area contributed by atoms with Crippen LogP contribution in [0.1, 0.15) is 23.4 Å². The summed E-state index contributed by atoms with van der Waals surface area (Å²) in [6, 6.07) is 10.1. The van der Waals surface area contributed by atoms with E-state index in [2.05, 4.69) is 10.4 Å². The number of carbonyl (C=O) groups excluding carboxylic acids is 1. The zero-order valence-corrected chi connectivity index (χ0v) is 16.0. The van der Waals surface area contributed by atoms with Gasteiger partial charge in [-0.25, -0.2) is 4.68 Å². The van der Waals surface area contributed by atoms with Gasteiger partial charge in [-0.15, -0.1) is 12.4 Å². The van der Waals surface area contributed by atoms with E-state index in [4.69, 9.17) is 0 Å². The number of para-hydroxylation sites is 1. The fraction of sp³-hybridized carbons (Fsp3) is 0.474. The third kappa shape index (κ3) is 4.22. The van der Waals surface area contributed by atoms with Gasteiger partial charge in [-0.1, -0.05) is 18.2 Å². The van der Waals surface area contributed by atoms with Gasteiger partial charge in [-0.05, 0) is 51.9 Å². The summed E-state index contributed by atoms with van der Waals surface area (Å²) in [5.41, 5.74) is 4.08. The van der Waals surface area contributed by atoms with E-state index >= 15 is 0 Å². The highest BCUT2D eigenvalue weighted by molar-refractivity contribution is 5.85. The summed E-state index contributed by atoms with van der Waals surface area (Å²) in [6.07, 6.45) is 1.53. The number of likely N-dealkylation sites (tertiary alicyclic amines) is 1. The molecule has 6 heteroatoms. The number of hydrogen-bond acceptors (Lipinski definition) is 3. The number of nitrogens with one attached hydrogen (secondary N) is 1. The molecule has 136 valence electrons. The van der Waals surface area contributed by atoms with Crippen LogP contribution in [0.4, 0.5) is 0 Å². The topological polar surface area (TPSA) is 50.2 Å². The van der Waals surface area contributed by atoms with Gasteiger partial charge >= 0.3 is 0 Å². The van der Waals surface area contributed by atoms with E-state index in [0.717, 1.165) is 48.7 Å². The predicted molar refractivity (Wildman–Crippen MR) is 103 cm³/mol. The number of benzene rings is 1. The van der Waals surface area contributed by atoms with Gasteiger partial charge in [0.15, 0.2) is 0 Å². The Bertz CT molecular complexity index is 714. The van der Waals surface area contributed by atoms with Gasteiger partial charge in [0, 0.05) is 24.3 Å². The van der Waals surface area contributed by atoms with E-state index in [1.807, 2.05) is 60.8 Å². The van der Waals surface area contributed by atoms with Gasteiger partial charge in [-0.2, -0.15) is 5.10 Å². The molecule has 1 aromatic carbocycles. The lowest BCUT2D eigenvalue weighted by Gasteiger charge is -2.16. The highest BCUT2D eigenvalue weighted by Gasteiger charge is 2.27. The molecule has 1 unspecified atom stereocenters. The molecule has 1 N–H and O–H groups in total. The van der Waals surface area contributed by atoms with Crippen molar-refractivity contribution in [2.45, 2.75) is 26.7 Å². The number of amides is 1. The highest BCUT2D eigenvalue weighted by atomic mass is 35.5. The Morgan fingerprint density at radius 1 is 1.28 bits per heavy atom. The first-order chi connectivity index (χ1) is 11.6. The molecule has 3 rings (SSSR count). The minimum Gasteiger partial charge on any atom is -0.342 e. The molecule has 25 heavy (non-hydrogen) atoms. The van der Waals surface area contributed by atoms with Gasteiger partial charge in [0.1, 0.15) is 0 Å². The number of aromatic nitrogens is 2. The minimum atomic E-state index is 0. The van der Waals surface area contributed by atoms with Crippen molar-refractivity contribution in [2.24, 2.45) is 5.92 Å². The van der Waals surface area contributed by atoms with Crippen molar-refractivity contribution >= 4 is 18.3 Å². The van der Waals surface area contributed by atoms with Crippen LogP contribution in [-0.2, 0) is 11.2 Å². The van der Waals surface area contributed by atoms with Crippen molar-refractivity contribution in [1.82, 2.24) is 20.0 Å². The van der Waals surface area contributed by atoms with Crippen molar-refractivity contribution in [2.75, 3.05) is 26.7 Å². The number of carbonyl (C=O) groups is 1. The predicted octanol–water partition coefficient (Wildman–Crippen LogP) is 2.52. The van der Waals surface area contributed by atoms with E-state index in [1.54, 1.807) is 0 Å². The Kier molecular flexibility index (Phi) is 6.62. The van der Waals surface area contributed by atoms with E-state index in [-0.39, 0.29) is 18.3 Å². The lowest BCUT2D eigenvalue weighted by Crippen LogP contribution is -2.31. The number of aryl methyl sites for hydroxylation is 1.